The van der Waals surface area contributed by atoms with Gasteiger partial charge in [0.05, 0.1) is 11.1 Å². The minimum absolute atomic E-state index is 0.397. The van der Waals surface area contributed by atoms with Gasteiger partial charge < -0.3 is 4.84 Å². The fourth-order valence-electron chi connectivity index (χ4n) is 1.76. The SMILES string of the molecule is O=C1c2ccccc2C(=O)N1O/C=C/C1CC1. The first-order chi connectivity index (χ1) is 8.27. The maximum atomic E-state index is 11.8. The molecule has 4 heteroatoms. The van der Waals surface area contributed by atoms with Crippen LogP contribution in [0, 0.1) is 5.92 Å². The first-order valence-corrected chi connectivity index (χ1v) is 5.58. The van der Waals surface area contributed by atoms with E-state index in [0.717, 1.165) is 17.9 Å². The van der Waals surface area contributed by atoms with Crippen molar-refractivity contribution in [2.75, 3.05) is 0 Å². The van der Waals surface area contributed by atoms with E-state index in [1.54, 1.807) is 24.3 Å². The molecule has 0 aromatic heterocycles. The average molecular weight is 229 g/mol. The minimum Gasteiger partial charge on any atom is -0.377 e. The van der Waals surface area contributed by atoms with Crippen LogP contribution in [0.3, 0.4) is 0 Å². The molecule has 4 nitrogen and oxygen atoms in total. The van der Waals surface area contributed by atoms with Gasteiger partial charge in [-0.3, -0.25) is 9.59 Å². The van der Waals surface area contributed by atoms with Crippen molar-refractivity contribution < 1.29 is 14.4 Å². The summed E-state index contributed by atoms with van der Waals surface area (Å²) in [4.78, 5) is 28.8. The fraction of sp³-hybridized carbons (Fsp3) is 0.231. The molecule has 1 aromatic rings. The number of amides is 2. The third kappa shape index (κ3) is 1.71. The van der Waals surface area contributed by atoms with Crippen molar-refractivity contribution in [3.05, 3.63) is 47.7 Å². The molecule has 2 aliphatic rings. The van der Waals surface area contributed by atoms with E-state index in [-0.39, 0.29) is 0 Å². The van der Waals surface area contributed by atoms with E-state index in [1.807, 2.05) is 6.08 Å². The van der Waals surface area contributed by atoms with Crippen LogP contribution >= 0.6 is 0 Å². The summed E-state index contributed by atoms with van der Waals surface area (Å²) >= 11 is 0. The Morgan fingerprint density at radius 3 is 2.24 bits per heavy atom. The smallest absolute Gasteiger partial charge is 0.295 e. The summed E-state index contributed by atoms with van der Waals surface area (Å²) < 4.78 is 0. The maximum absolute atomic E-state index is 11.8. The lowest BCUT2D eigenvalue weighted by atomic mass is 10.1. The molecule has 1 saturated carbocycles. The van der Waals surface area contributed by atoms with Crippen LogP contribution in [0.15, 0.2) is 36.6 Å². The number of imide groups is 1. The van der Waals surface area contributed by atoms with Crippen LogP contribution in [0.5, 0.6) is 0 Å². The molecule has 1 aliphatic carbocycles. The van der Waals surface area contributed by atoms with Gasteiger partial charge in [0.15, 0.2) is 0 Å². The minimum atomic E-state index is -0.397. The summed E-state index contributed by atoms with van der Waals surface area (Å²) in [6.45, 7) is 0. The van der Waals surface area contributed by atoms with Crippen LogP contribution in [0.1, 0.15) is 33.6 Å². The highest BCUT2D eigenvalue weighted by Crippen LogP contribution is 2.30. The number of rotatable bonds is 3. The molecule has 1 aromatic carbocycles. The molecule has 0 bridgehead atoms. The number of hydrogen-bond acceptors (Lipinski definition) is 3. The molecule has 2 amide bonds. The Morgan fingerprint density at radius 1 is 1.12 bits per heavy atom. The second-order valence-corrected chi connectivity index (χ2v) is 4.22. The third-order valence-electron chi connectivity index (χ3n) is 2.90. The second-order valence-electron chi connectivity index (χ2n) is 4.22. The Balaban J connectivity index is 1.79. The largest absolute Gasteiger partial charge is 0.377 e. The highest BCUT2D eigenvalue weighted by Gasteiger charge is 2.36. The summed E-state index contributed by atoms with van der Waals surface area (Å²) in [6, 6.07) is 6.72. The predicted molar refractivity (Wildman–Crippen MR) is 59.9 cm³/mol. The lowest BCUT2D eigenvalue weighted by Gasteiger charge is -2.10. The average Bonchev–Trinajstić information content (AvgIpc) is 3.13. The molecule has 0 unspecified atom stereocenters. The zero-order chi connectivity index (χ0) is 11.8. The van der Waals surface area contributed by atoms with Gasteiger partial charge in [-0.2, -0.15) is 0 Å². The van der Waals surface area contributed by atoms with Crippen LogP contribution in [0.4, 0.5) is 0 Å². The maximum Gasteiger partial charge on any atom is 0.295 e. The first kappa shape index (κ1) is 10.1. The van der Waals surface area contributed by atoms with E-state index < -0.39 is 11.8 Å². The van der Waals surface area contributed by atoms with Crippen molar-refractivity contribution >= 4 is 11.8 Å². The van der Waals surface area contributed by atoms with Crippen molar-refractivity contribution in [1.29, 1.82) is 0 Å². The topological polar surface area (TPSA) is 46.6 Å². The standard InChI is InChI=1S/C13H11NO3/c15-12-10-3-1-2-4-11(10)13(16)14(12)17-8-7-9-5-6-9/h1-4,7-9H,5-6H2/b8-7+. The van der Waals surface area contributed by atoms with Crippen molar-refractivity contribution in [2.45, 2.75) is 12.8 Å². The van der Waals surface area contributed by atoms with Gasteiger partial charge in [0.25, 0.3) is 11.8 Å². The number of allylic oxidation sites excluding steroid dienone is 1. The molecule has 3 rings (SSSR count). The van der Waals surface area contributed by atoms with E-state index >= 15 is 0 Å². The zero-order valence-electron chi connectivity index (χ0n) is 9.13. The first-order valence-electron chi connectivity index (χ1n) is 5.58. The molecular formula is C13H11NO3. The Morgan fingerprint density at radius 2 is 1.71 bits per heavy atom. The molecule has 17 heavy (non-hydrogen) atoms. The summed E-state index contributed by atoms with van der Waals surface area (Å²) in [5.41, 5.74) is 0.801. The van der Waals surface area contributed by atoms with E-state index in [9.17, 15) is 9.59 Å². The molecule has 0 N–H and O–H groups in total. The molecule has 1 heterocycles. The molecule has 0 saturated heterocycles. The normalized spacial score (nSPS) is 18.9. The summed E-state index contributed by atoms with van der Waals surface area (Å²) in [6.07, 6.45) is 5.62. The lowest BCUT2D eigenvalue weighted by molar-refractivity contribution is -0.0430. The van der Waals surface area contributed by atoms with Gasteiger partial charge >= 0.3 is 0 Å². The second kappa shape index (κ2) is 3.73. The Bertz CT molecular complexity index is 482. The Hall–Kier alpha value is -2.10. The van der Waals surface area contributed by atoms with E-state index in [2.05, 4.69) is 0 Å². The van der Waals surface area contributed by atoms with Crippen molar-refractivity contribution in [1.82, 2.24) is 5.06 Å². The fourth-order valence-corrected chi connectivity index (χ4v) is 1.76. The molecule has 0 spiro atoms. The highest BCUT2D eigenvalue weighted by atomic mass is 16.7. The molecule has 86 valence electrons. The van der Waals surface area contributed by atoms with Crippen LogP contribution < -0.4 is 0 Å². The van der Waals surface area contributed by atoms with Gasteiger partial charge in [0.1, 0.15) is 6.26 Å². The van der Waals surface area contributed by atoms with Gasteiger partial charge in [-0.1, -0.05) is 17.2 Å². The van der Waals surface area contributed by atoms with Crippen molar-refractivity contribution in [3.63, 3.8) is 0 Å². The molecule has 0 atom stereocenters. The van der Waals surface area contributed by atoms with Gasteiger partial charge in [-0.15, -0.1) is 0 Å². The summed E-state index contributed by atoms with van der Waals surface area (Å²) in [7, 11) is 0. The molecule has 1 fully saturated rings. The number of carbonyl (C=O) groups is 2. The third-order valence-corrected chi connectivity index (χ3v) is 2.90. The Kier molecular flexibility index (Phi) is 2.21. The van der Waals surface area contributed by atoms with Crippen molar-refractivity contribution in [3.8, 4) is 0 Å². The molecule has 0 radical (unpaired) electrons. The van der Waals surface area contributed by atoms with Crippen LogP contribution in [-0.4, -0.2) is 16.9 Å². The molecule has 1 aliphatic heterocycles. The van der Waals surface area contributed by atoms with Crippen molar-refractivity contribution in [2.24, 2.45) is 5.92 Å². The number of hydrogen-bond donors (Lipinski definition) is 0. The van der Waals surface area contributed by atoms with Crippen LogP contribution in [-0.2, 0) is 4.84 Å². The molecular weight excluding hydrogens is 218 g/mol. The van der Waals surface area contributed by atoms with Gasteiger partial charge in [-0.05, 0) is 37.0 Å². The van der Waals surface area contributed by atoms with Crippen LogP contribution in [0.2, 0.25) is 0 Å². The van der Waals surface area contributed by atoms with E-state index in [1.165, 1.54) is 6.26 Å². The monoisotopic (exact) mass is 229 g/mol. The van der Waals surface area contributed by atoms with Gasteiger partial charge in [-0.25, -0.2) is 0 Å². The quantitative estimate of drug-likeness (QED) is 0.589. The van der Waals surface area contributed by atoms with Gasteiger partial charge in [0.2, 0.25) is 0 Å². The number of carbonyl (C=O) groups excluding carboxylic acids is 2. The number of fused-ring (bicyclic) bond motifs is 1. The Labute approximate surface area is 98.4 Å². The lowest BCUT2D eigenvalue weighted by Crippen LogP contribution is -2.27. The van der Waals surface area contributed by atoms with Crippen LogP contribution in [0.25, 0.3) is 0 Å². The summed E-state index contributed by atoms with van der Waals surface area (Å²) in [5, 5.41) is 0.809. The zero-order valence-corrected chi connectivity index (χ0v) is 9.13. The number of benzene rings is 1. The highest BCUT2D eigenvalue weighted by molar-refractivity contribution is 6.20. The van der Waals surface area contributed by atoms with E-state index in [0.29, 0.717) is 17.0 Å². The number of nitrogens with zero attached hydrogens (tertiary/aromatic N) is 1. The van der Waals surface area contributed by atoms with E-state index in [4.69, 9.17) is 4.84 Å². The number of hydroxylamine groups is 2. The predicted octanol–water partition coefficient (Wildman–Crippen LogP) is 2.14. The van der Waals surface area contributed by atoms with Gasteiger partial charge in [0, 0.05) is 0 Å². The summed E-state index contributed by atoms with van der Waals surface area (Å²) in [5.74, 6) is -0.248.